The van der Waals surface area contributed by atoms with Crippen molar-refractivity contribution in [2.75, 3.05) is 26.4 Å². The maximum Gasteiger partial charge on any atom is 0.220 e. The van der Waals surface area contributed by atoms with Crippen LogP contribution in [0.25, 0.3) is 0 Å². The number of unbranched alkanes of at least 4 members (excludes halogenated alkanes) is 15. The second-order valence-corrected chi connectivity index (χ2v) is 18.6. The highest BCUT2D eigenvalue weighted by Crippen LogP contribution is 2.33. The molecule has 3 heterocycles. The molecule has 402 valence electrons. The maximum atomic E-state index is 13.2. The van der Waals surface area contributed by atoms with Crippen LogP contribution in [0.2, 0.25) is 0 Å². The molecule has 12 N–H and O–H groups in total. The van der Waals surface area contributed by atoms with E-state index in [1.54, 1.807) is 6.08 Å². The van der Waals surface area contributed by atoms with Crippen molar-refractivity contribution in [3.8, 4) is 0 Å². The van der Waals surface area contributed by atoms with E-state index in [0.29, 0.717) is 6.42 Å². The van der Waals surface area contributed by atoms with Crippen molar-refractivity contribution in [2.45, 2.75) is 247 Å². The summed E-state index contributed by atoms with van der Waals surface area (Å²) in [6, 6.07) is -0.972. The van der Waals surface area contributed by atoms with Gasteiger partial charge in [0.25, 0.3) is 0 Å². The highest BCUT2D eigenvalue weighted by Gasteiger charge is 2.53. The van der Waals surface area contributed by atoms with Crippen molar-refractivity contribution in [3.63, 3.8) is 0 Å². The van der Waals surface area contributed by atoms with Gasteiger partial charge in [0.05, 0.1) is 38.6 Å². The Morgan fingerprint density at radius 3 is 1.48 bits per heavy atom. The van der Waals surface area contributed by atoms with Crippen molar-refractivity contribution >= 4 is 5.91 Å². The Kier molecular flexibility index (Phi) is 31.3. The van der Waals surface area contributed by atoms with Crippen molar-refractivity contribution in [1.82, 2.24) is 5.32 Å². The molecule has 0 aromatic heterocycles. The third-order valence-electron chi connectivity index (χ3n) is 12.9. The third kappa shape index (κ3) is 21.2. The zero-order chi connectivity index (χ0) is 50.6. The maximum absolute atomic E-state index is 13.2. The Hall–Kier alpha value is -1.99. The van der Waals surface area contributed by atoms with Crippen LogP contribution in [0.3, 0.4) is 0 Å². The summed E-state index contributed by atoms with van der Waals surface area (Å²) in [5.74, 6) is -0.292. The number of carbonyl (C=O) groups excluding carboxylic acids is 1. The quantitative estimate of drug-likeness (QED) is 0.0318. The molecule has 17 unspecified atom stereocenters. The summed E-state index contributed by atoms with van der Waals surface area (Å²) in [5, 5.41) is 119. The van der Waals surface area contributed by atoms with E-state index in [0.717, 1.165) is 89.9 Å². The van der Waals surface area contributed by atoms with Crippen LogP contribution in [-0.4, -0.2) is 193 Å². The van der Waals surface area contributed by atoms with Crippen molar-refractivity contribution in [2.24, 2.45) is 0 Å². The van der Waals surface area contributed by atoms with Gasteiger partial charge < -0.3 is 89.9 Å². The second-order valence-electron chi connectivity index (χ2n) is 18.6. The van der Waals surface area contributed by atoms with Crippen molar-refractivity contribution in [3.05, 3.63) is 36.5 Å². The normalized spacial score (nSPS) is 33.1. The van der Waals surface area contributed by atoms with Gasteiger partial charge in [-0.3, -0.25) is 4.79 Å². The number of amides is 1. The highest BCUT2D eigenvalue weighted by atomic mass is 16.8. The molecular formula is C50H89NO18. The van der Waals surface area contributed by atoms with E-state index in [1.807, 2.05) is 6.08 Å². The molecule has 0 aromatic carbocycles. The third-order valence-corrected chi connectivity index (χ3v) is 12.9. The van der Waals surface area contributed by atoms with Crippen molar-refractivity contribution < 1.29 is 89.4 Å². The first-order valence-electron chi connectivity index (χ1n) is 25.7. The molecule has 3 aliphatic rings. The highest BCUT2D eigenvalue weighted by molar-refractivity contribution is 5.76. The van der Waals surface area contributed by atoms with Gasteiger partial charge in [0.15, 0.2) is 18.9 Å². The van der Waals surface area contributed by atoms with E-state index in [4.69, 9.17) is 28.4 Å². The van der Waals surface area contributed by atoms with Crippen LogP contribution in [0, 0.1) is 0 Å². The van der Waals surface area contributed by atoms with Crippen LogP contribution in [-0.2, 0) is 33.2 Å². The first-order valence-corrected chi connectivity index (χ1v) is 25.7. The van der Waals surface area contributed by atoms with Gasteiger partial charge in [-0.25, -0.2) is 0 Å². The molecule has 17 atom stereocenters. The van der Waals surface area contributed by atoms with Crippen LogP contribution in [0.15, 0.2) is 36.5 Å². The van der Waals surface area contributed by atoms with E-state index in [-0.39, 0.29) is 18.9 Å². The number of aliphatic hydroxyl groups excluding tert-OH is 11. The predicted molar refractivity (Wildman–Crippen MR) is 254 cm³/mol. The molecule has 0 spiro atoms. The monoisotopic (exact) mass is 992 g/mol. The molecule has 3 fully saturated rings. The van der Waals surface area contributed by atoms with Gasteiger partial charge in [0, 0.05) is 6.42 Å². The number of aliphatic hydroxyl groups is 11. The molecule has 1 amide bonds. The minimum Gasteiger partial charge on any atom is -0.394 e. The second kappa shape index (κ2) is 35.2. The summed E-state index contributed by atoms with van der Waals surface area (Å²) in [7, 11) is 0. The van der Waals surface area contributed by atoms with Crippen molar-refractivity contribution in [1.29, 1.82) is 0 Å². The average molecular weight is 992 g/mol. The lowest BCUT2D eigenvalue weighted by Gasteiger charge is -2.48. The Bertz CT molecular complexity index is 1420. The lowest BCUT2D eigenvalue weighted by Crippen LogP contribution is -2.66. The van der Waals surface area contributed by atoms with E-state index in [1.165, 1.54) is 25.7 Å². The number of hydrogen-bond acceptors (Lipinski definition) is 18. The fraction of sp³-hybridized carbons (Fsp3) is 0.860. The van der Waals surface area contributed by atoms with Crippen LogP contribution in [0.4, 0.5) is 0 Å². The lowest BCUT2D eigenvalue weighted by atomic mass is 9.96. The van der Waals surface area contributed by atoms with E-state index in [2.05, 4.69) is 43.5 Å². The molecule has 69 heavy (non-hydrogen) atoms. The summed E-state index contributed by atoms with van der Waals surface area (Å²) in [6.45, 7) is 1.56. The molecule has 3 rings (SSSR count). The first kappa shape index (κ1) is 61.3. The van der Waals surface area contributed by atoms with Crippen LogP contribution < -0.4 is 5.32 Å². The van der Waals surface area contributed by atoms with Gasteiger partial charge >= 0.3 is 0 Å². The molecule has 0 aromatic rings. The summed E-state index contributed by atoms with van der Waals surface area (Å²) in [4.78, 5) is 13.2. The predicted octanol–water partition coefficient (Wildman–Crippen LogP) is 1.81. The van der Waals surface area contributed by atoms with Gasteiger partial charge in [-0.2, -0.15) is 0 Å². The van der Waals surface area contributed by atoms with E-state index in [9.17, 15) is 61.0 Å². The number of nitrogens with one attached hydrogen (secondary N) is 1. The average Bonchev–Trinajstić information content (AvgIpc) is 3.34. The zero-order valence-electron chi connectivity index (χ0n) is 41.0. The van der Waals surface area contributed by atoms with E-state index < -0.39 is 124 Å². The molecule has 19 heteroatoms. The van der Waals surface area contributed by atoms with Gasteiger partial charge in [0.2, 0.25) is 5.91 Å². The topological polar surface area (TPSA) is 307 Å². The van der Waals surface area contributed by atoms with E-state index >= 15 is 0 Å². The fourth-order valence-electron chi connectivity index (χ4n) is 8.57. The largest absolute Gasteiger partial charge is 0.394 e. The standard InChI is InChI=1S/C50H89NO18/c1-3-5-7-9-11-12-13-14-15-16-17-18-19-20-21-22-24-26-28-38(56)51-33(34(55)27-25-23-10-8-6-4-2)32-64-48-44(62)41(59)46(36(30-53)66-48)69-50-45(63)42(60)47(37(31-54)67-50)68-49-43(61)40(58)39(57)35(29-52)65-49/h12-13,15-16,25,27,33-37,39-50,52-55,57-63H,3-11,14,17-24,26,28-32H2,1-2H3,(H,51,56)/b13-12-,16-15-,27-25+. The summed E-state index contributed by atoms with van der Waals surface area (Å²) < 4.78 is 34.0. The molecule has 0 bridgehead atoms. The number of ether oxygens (including phenoxy) is 6. The smallest absolute Gasteiger partial charge is 0.220 e. The first-order chi connectivity index (χ1) is 33.3. The molecule has 3 saturated heterocycles. The molecule has 0 aliphatic carbocycles. The van der Waals surface area contributed by atoms with Gasteiger partial charge in [-0.05, 0) is 51.4 Å². The van der Waals surface area contributed by atoms with Crippen LogP contribution in [0.1, 0.15) is 142 Å². The lowest BCUT2D eigenvalue weighted by molar-refractivity contribution is -0.379. The molecule has 0 saturated carbocycles. The van der Waals surface area contributed by atoms with Gasteiger partial charge in [-0.1, -0.05) is 121 Å². The van der Waals surface area contributed by atoms with Gasteiger partial charge in [0.1, 0.15) is 73.2 Å². The minimum atomic E-state index is -1.98. The van der Waals surface area contributed by atoms with Crippen LogP contribution in [0.5, 0.6) is 0 Å². The fourth-order valence-corrected chi connectivity index (χ4v) is 8.57. The number of rotatable bonds is 35. The SMILES string of the molecule is CCCCCC/C=C\C/C=C\CCCCCCCCCC(=O)NC(COC1OC(CO)C(OC2OC(CO)C(OC3OC(CO)C(O)C(O)C3O)C(O)C2O)C(O)C1O)C(O)/C=C/CCCCCC. The Morgan fingerprint density at radius 1 is 0.522 bits per heavy atom. The molecular weight excluding hydrogens is 903 g/mol. The Balaban J connectivity index is 1.50. The van der Waals surface area contributed by atoms with Crippen LogP contribution >= 0.6 is 0 Å². The Morgan fingerprint density at radius 2 is 0.957 bits per heavy atom. The molecule has 19 nitrogen and oxygen atoms in total. The molecule has 3 aliphatic heterocycles. The Labute approximate surface area is 409 Å². The number of allylic oxidation sites excluding steroid dienone is 5. The number of carbonyl (C=O) groups is 1. The summed E-state index contributed by atoms with van der Waals surface area (Å²) in [5.41, 5.74) is 0. The van der Waals surface area contributed by atoms with Gasteiger partial charge in [-0.15, -0.1) is 0 Å². The molecule has 0 radical (unpaired) electrons. The summed E-state index contributed by atoms with van der Waals surface area (Å²) >= 11 is 0. The minimum absolute atomic E-state index is 0.232. The number of hydrogen-bond donors (Lipinski definition) is 12. The summed E-state index contributed by atoms with van der Waals surface area (Å²) in [6.07, 6.45) is 6.23. The zero-order valence-corrected chi connectivity index (χ0v) is 41.0.